The van der Waals surface area contributed by atoms with Gasteiger partial charge in [-0.05, 0) is 25.1 Å². The predicted octanol–water partition coefficient (Wildman–Crippen LogP) is 2.10. The van der Waals surface area contributed by atoms with Gasteiger partial charge in [-0.2, -0.15) is 0 Å². The van der Waals surface area contributed by atoms with Crippen LogP contribution in [0, 0.1) is 0 Å². The summed E-state index contributed by atoms with van der Waals surface area (Å²) in [5.74, 6) is 0.799. The molecule has 1 aliphatic rings. The van der Waals surface area contributed by atoms with Gasteiger partial charge in [-0.15, -0.1) is 0 Å². The third-order valence-corrected chi connectivity index (χ3v) is 2.76. The minimum atomic E-state index is 0.259. The van der Waals surface area contributed by atoms with E-state index in [0.717, 1.165) is 12.3 Å². The first-order valence-corrected chi connectivity index (χ1v) is 5.85. The van der Waals surface area contributed by atoms with Crippen molar-refractivity contribution < 1.29 is 9.47 Å². The van der Waals surface area contributed by atoms with Crippen LogP contribution in [-0.4, -0.2) is 31.9 Å². The SMILES string of the molecule is CC1CNC(COc2cccc(Cl)c2)CO1. The summed E-state index contributed by atoms with van der Waals surface area (Å²) in [6.45, 7) is 4.24. The molecule has 0 saturated carbocycles. The van der Waals surface area contributed by atoms with Gasteiger partial charge in [0.2, 0.25) is 0 Å². The van der Waals surface area contributed by atoms with Gasteiger partial charge in [0.15, 0.2) is 0 Å². The van der Waals surface area contributed by atoms with E-state index in [-0.39, 0.29) is 6.04 Å². The first-order valence-electron chi connectivity index (χ1n) is 5.47. The van der Waals surface area contributed by atoms with E-state index in [2.05, 4.69) is 12.2 Å². The third-order valence-electron chi connectivity index (χ3n) is 2.52. The van der Waals surface area contributed by atoms with Crippen molar-refractivity contribution in [3.05, 3.63) is 29.3 Å². The molecule has 1 aliphatic heterocycles. The first kappa shape index (κ1) is 11.7. The zero-order valence-corrected chi connectivity index (χ0v) is 10.0. The van der Waals surface area contributed by atoms with Crippen LogP contribution in [0.3, 0.4) is 0 Å². The van der Waals surface area contributed by atoms with Crippen LogP contribution in [-0.2, 0) is 4.74 Å². The van der Waals surface area contributed by atoms with Gasteiger partial charge in [0.1, 0.15) is 12.4 Å². The molecule has 0 amide bonds. The minimum absolute atomic E-state index is 0.259. The van der Waals surface area contributed by atoms with Crippen LogP contribution in [0.15, 0.2) is 24.3 Å². The van der Waals surface area contributed by atoms with Crippen LogP contribution in [0.2, 0.25) is 5.02 Å². The van der Waals surface area contributed by atoms with Gasteiger partial charge < -0.3 is 14.8 Å². The lowest BCUT2D eigenvalue weighted by atomic mass is 10.2. The summed E-state index contributed by atoms with van der Waals surface area (Å²) in [6.07, 6.45) is 0.294. The normalized spacial score (nSPS) is 25.4. The highest BCUT2D eigenvalue weighted by Crippen LogP contribution is 2.17. The summed E-state index contributed by atoms with van der Waals surface area (Å²) < 4.78 is 11.2. The van der Waals surface area contributed by atoms with Crippen molar-refractivity contribution in [2.24, 2.45) is 0 Å². The van der Waals surface area contributed by atoms with Gasteiger partial charge in [-0.3, -0.25) is 0 Å². The van der Waals surface area contributed by atoms with E-state index >= 15 is 0 Å². The van der Waals surface area contributed by atoms with Crippen LogP contribution in [0.1, 0.15) is 6.92 Å². The number of hydrogen-bond donors (Lipinski definition) is 1. The van der Waals surface area contributed by atoms with E-state index in [0.29, 0.717) is 24.3 Å². The number of halogens is 1. The van der Waals surface area contributed by atoms with E-state index in [4.69, 9.17) is 21.1 Å². The monoisotopic (exact) mass is 241 g/mol. The summed E-state index contributed by atoms with van der Waals surface area (Å²) in [7, 11) is 0. The highest BCUT2D eigenvalue weighted by atomic mass is 35.5. The second-order valence-electron chi connectivity index (χ2n) is 4.02. The Morgan fingerprint density at radius 2 is 2.44 bits per heavy atom. The van der Waals surface area contributed by atoms with Crippen molar-refractivity contribution in [3.8, 4) is 5.75 Å². The first-order chi connectivity index (χ1) is 7.74. The Labute approximate surface area is 101 Å². The molecule has 0 spiro atoms. The van der Waals surface area contributed by atoms with Gasteiger partial charge in [-0.25, -0.2) is 0 Å². The second kappa shape index (κ2) is 5.53. The quantitative estimate of drug-likeness (QED) is 0.879. The Bertz CT molecular complexity index is 338. The molecular formula is C12H16ClNO2. The van der Waals surface area contributed by atoms with Crippen LogP contribution in [0.25, 0.3) is 0 Å². The fourth-order valence-corrected chi connectivity index (χ4v) is 1.77. The van der Waals surface area contributed by atoms with Crippen molar-refractivity contribution >= 4 is 11.6 Å². The highest BCUT2D eigenvalue weighted by Gasteiger charge is 2.17. The predicted molar refractivity (Wildman–Crippen MR) is 64.2 cm³/mol. The van der Waals surface area contributed by atoms with E-state index in [1.54, 1.807) is 0 Å². The zero-order chi connectivity index (χ0) is 11.4. The Morgan fingerprint density at radius 3 is 3.12 bits per heavy atom. The maximum Gasteiger partial charge on any atom is 0.120 e. The summed E-state index contributed by atoms with van der Waals surface area (Å²) >= 11 is 5.87. The molecule has 1 N–H and O–H groups in total. The molecule has 0 bridgehead atoms. The Hall–Kier alpha value is -0.770. The average Bonchev–Trinajstić information content (AvgIpc) is 2.28. The second-order valence-corrected chi connectivity index (χ2v) is 4.45. The molecule has 2 atom stereocenters. The fourth-order valence-electron chi connectivity index (χ4n) is 1.59. The molecule has 2 rings (SSSR count). The van der Waals surface area contributed by atoms with Crippen molar-refractivity contribution in [1.29, 1.82) is 0 Å². The zero-order valence-electron chi connectivity index (χ0n) is 9.28. The van der Waals surface area contributed by atoms with Crippen molar-refractivity contribution in [2.75, 3.05) is 19.8 Å². The molecule has 0 aliphatic carbocycles. The van der Waals surface area contributed by atoms with Crippen LogP contribution >= 0.6 is 11.6 Å². The molecule has 16 heavy (non-hydrogen) atoms. The summed E-state index contributed by atoms with van der Waals surface area (Å²) in [6, 6.07) is 7.68. The molecule has 0 aromatic heterocycles. The van der Waals surface area contributed by atoms with Gasteiger partial charge in [0.25, 0.3) is 0 Å². The van der Waals surface area contributed by atoms with Crippen LogP contribution < -0.4 is 10.1 Å². The van der Waals surface area contributed by atoms with Crippen molar-refractivity contribution in [3.63, 3.8) is 0 Å². The van der Waals surface area contributed by atoms with E-state index in [1.807, 2.05) is 24.3 Å². The molecule has 1 aromatic carbocycles. The molecule has 88 valence electrons. The molecule has 4 heteroatoms. The minimum Gasteiger partial charge on any atom is -0.492 e. The number of hydrogen-bond acceptors (Lipinski definition) is 3. The molecule has 1 heterocycles. The smallest absolute Gasteiger partial charge is 0.120 e. The van der Waals surface area contributed by atoms with Crippen molar-refractivity contribution in [1.82, 2.24) is 5.32 Å². The third kappa shape index (κ3) is 3.37. The number of nitrogens with one attached hydrogen (secondary N) is 1. The lowest BCUT2D eigenvalue weighted by Gasteiger charge is -2.28. The topological polar surface area (TPSA) is 30.5 Å². The van der Waals surface area contributed by atoms with Crippen LogP contribution in [0.4, 0.5) is 0 Å². The lowest BCUT2D eigenvalue weighted by Crippen LogP contribution is -2.48. The van der Waals surface area contributed by atoms with Crippen molar-refractivity contribution in [2.45, 2.75) is 19.1 Å². The molecule has 1 fully saturated rings. The maximum absolute atomic E-state index is 5.87. The van der Waals surface area contributed by atoms with Gasteiger partial charge >= 0.3 is 0 Å². The van der Waals surface area contributed by atoms with Crippen LogP contribution in [0.5, 0.6) is 5.75 Å². The largest absolute Gasteiger partial charge is 0.492 e. The molecule has 1 aromatic rings. The summed E-state index contributed by atoms with van der Waals surface area (Å²) in [4.78, 5) is 0. The molecule has 1 saturated heterocycles. The highest BCUT2D eigenvalue weighted by molar-refractivity contribution is 6.30. The number of ether oxygens (including phenoxy) is 2. The molecular weight excluding hydrogens is 226 g/mol. The number of rotatable bonds is 3. The Kier molecular flexibility index (Phi) is 4.04. The van der Waals surface area contributed by atoms with E-state index in [1.165, 1.54) is 0 Å². The standard InChI is InChI=1S/C12H16ClNO2/c1-9-6-14-11(7-15-9)8-16-12-4-2-3-10(13)5-12/h2-5,9,11,14H,6-8H2,1H3. The van der Waals surface area contributed by atoms with Gasteiger partial charge in [0, 0.05) is 11.6 Å². The molecule has 0 radical (unpaired) electrons. The van der Waals surface area contributed by atoms with E-state index < -0.39 is 0 Å². The van der Waals surface area contributed by atoms with E-state index in [9.17, 15) is 0 Å². The Balaban J connectivity index is 1.79. The molecule has 2 unspecified atom stereocenters. The summed E-state index contributed by atoms with van der Waals surface area (Å²) in [5, 5.41) is 4.06. The maximum atomic E-state index is 5.87. The number of morpholine rings is 1. The summed E-state index contributed by atoms with van der Waals surface area (Å²) in [5.41, 5.74) is 0. The lowest BCUT2D eigenvalue weighted by molar-refractivity contribution is 0.00457. The van der Waals surface area contributed by atoms with Gasteiger partial charge in [-0.1, -0.05) is 17.7 Å². The average molecular weight is 242 g/mol. The molecule has 3 nitrogen and oxygen atoms in total. The van der Waals surface area contributed by atoms with Gasteiger partial charge in [0.05, 0.1) is 18.8 Å². The number of benzene rings is 1. The fraction of sp³-hybridized carbons (Fsp3) is 0.500. The Morgan fingerprint density at radius 1 is 1.56 bits per heavy atom.